The van der Waals surface area contributed by atoms with Crippen LogP contribution in [0.2, 0.25) is 0 Å². The zero-order valence-corrected chi connectivity index (χ0v) is 11.0. The number of piperazine rings is 1. The third-order valence-corrected chi connectivity index (χ3v) is 3.59. The molecule has 2 heterocycles. The Bertz CT molecular complexity index is 435. The number of amides is 1. The lowest BCUT2D eigenvalue weighted by Gasteiger charge is -2.26. The number of hydrogen-bond acceptors (Lipinski definition) is 5. The Hall–Kier alpha value is -1.47. The van der Waals surface area contributed by atoms with E-state index >= 15 is 0 Å². The number of rotatable bonds is 5. The zero-order valence-electron chi connectivity index (χ0n) is 11.0. The van der Waals surface area contributed by atoms with Crippen LogP contribution in [-0.2, 0) is 0 Å². The van der Waals surface area contributed by atoms with Crippen molar-refractivity contribution in [2.24, 2.45) is 0 Å². The molecular formula is C12H20N6O. The Labute approximate surface area is 112 Å². The third kappa shape index (κ3) is 3.30. The van der Waals surface area contributed by atoms with Crippen molar-refractivity contribution in [1.82, 2.24) is 30.7 Å². The van der Waals surface area contributed by atoms with Crippen molar-refractivity contribution in [3.63, 3.8) is 0 Å². The number of carbonyl (C=O) groups excluding carboxylic acids is 1. The topological polar surface area (TPSA) is 85.9 Å². The maximum atomic E-state index is 11.9. The summed E-state index contributed by atoms with van der Waals surface area (Å²) in [6.07, 6.45) is 2.30. The van der Waals surface area contributed by atoms with E-state index in [0.717, 1.165) is 51.4 Å². The maximum absolute atomic E-state index is 11.9. The summed E-state index contributed by atoms with van der Waals surface area (Å²) in [5, 5.41) is 13.0. The summed E-state index contributed by atoms with van der Waals surface area (Å²) in [7, 11) is 0. The molecule has 1 amide bonds. The van der Waals surface area contributed by atoms with Gasteiger partial charge in [0.25, 0.3) is 5.91 Å². The lowest BCUT2D eigenvalue weighted by Crippen LogP contribution is -2.46. The monoisotopic (exact) mass is 264 g/mol. The quantitative estimate of drug-likeness (QED) is 0.656. The first-order valence-corrected chi connectivity index (χ1v) is 6.96. The van der Waals surface area contributed by atoms with Crippen LogP contribution in [0.15, 0.2) is 0 Å². The summed E-state index contributed by atoms with van der Waals surface area (Å²) in [5.74, 6) is 1.43. The molecule has 19 heavy (non-hydrogen) atoms. The molecule has 7 heteroatoms. The van der Waals surface area contributed by atoms with Crippen LogP contribution in [-0.4, -0.2) is 65.3 Å². The number of hydrogen-bond donors (Lipinski definition) is 3. The molecule has 0 unspecified atom stereocenters. The summed E-state index contributed by atoms with van der Waals surface area (Å²) < 4.78 is 0. The van der Waals surface area contributed by atoms with E-state index in [1.807, 2.05) is 0 Å². The van der Waals surface area contributed by atoms with Crippen molar-refractivity contribution in [2.75, 3.05) is 39.3 Å². The number of aromatic amines is 1. The smallest absolute Gasteiger partial charge is 0.291 e. The maximum Gasteiger partial charge on any atom is 0.291 e. The van der Waals surface area contributed by atoms with Crippen LogP contribution in [0.5, 0.6) is 0 Å². The van der Waals surface area contributed by atoms with Gasteiger partial charge in [0.2, 0.25) is 5.82 Å². The first-order valence-electron chi connectivity index (χ1n) is 6.96. The van der Waals surface area contributed by atoms with Crippen LogP contribution in [0, 0.1) is 0 Å². The predicted octanol–water partition coefficient (Wildman–Crippen LogP) is -0.683. The first kappa shape index (κ1) is 12.6. The van der Waals surface area contributed by atoms with Gasteiger partial charge in [0, 0.05) is 45.2 Å². The molecule has 1 saturated carbocycles. The highest BCUT2D eigenvalue weighted by Gasteiger charge is 2.28. The molecule has 0 aromatic carbocycles. The molecule has 7 nitrogen and oxygen atoms in total. The summed E-state index contributed by atoms with van der Waals surface area (Å²) in [6.45, 7) is 5.67. The number of nitrogens with one attached hydrogen (secondary N) is 3. The molecule has 2 fully saturated rings. The van der Waals surface area contributed by atoms with Crippen LogP contribution < -0.4 is 10.6 Å². The van der Waals surface area contributed by atoms with Gasteiger partial charge in [-0.1, -0.05) is 0 Å². The van der Waals surface area contributed by atoms with Crippen molar-refractivity contribution in [2.45, 2.75) is 18.8 Å². The second kappa shape index (κ2) is 5.66. The average Bonchev–Trinajstić information content (AvgIpc) is 3.17. The molecule has 0 spiro atoms. The fourth-order valence-electron chi connectivity index (χ4n) is 2.26. The second-order valence-electron chi connectivity index (χ2n) is 5.17. The largest absolute Gasteiger partial charge is 0.348 e. The molecule has 1 saturated heterocycles. The molecule has 104 valence electrons. The van der Waals surface area contributed by atoms with Gasteiger partial charge in [-0.25, -0.2) is 4.98 Å². The minimum Gasteiger partial charge on any atom is -0.348 e. The summed E-state index contributed by atoms with van der Waals surface area (Å²) >= 11 is 0. The van der Waals surface area contributed by atoms with E-state index in [-0.39, 0.29) is 11.7 Å². The number of carbonyl (C=O) groups is 1. The summed E-state index contributed by atoms with van der Waals surface area (Å²) in [5.41, 5.74) is 0. The van der Waals surface area contributed by atoms with E-state index in [4.69, 9.17) is 0 Å². The van der Waals surface area contributed by atoms with Gasteiger partial charge in [0.1, 0.15) is 5.82 Å². The average molecular weight is 264 g/mol. The summed E-state index contributed by atoms with van der Waals surface area (Å²) in [4.78, 5) is 18.4. The number of H-pyrrole nitrogens is 1. The number of nitrogens with zero attached hydrogens (tertiary/aromatic N) is 3. The molecule has 2 aliphatic rings. The van der Waals surface area contributed by atoms with Crippen LogP contribution in [0.25, 0.3) is 0 Å². The highest BCUT2D eigenvalue weighted by atomic mass is 16.2. The third-order valence-electron chi connectivity index (χ3n) is 3.59. The standard InChI is InChI=1S/C12H20N6O/c19-12(11-15-10(16-17-11)9-1-2-9)14-5-8-18-6-3-13-4-7-18/h9,13H,1-8H2,(H,14,19)(H,15,16,17). The first-order chi connectivity index (χ1) is 9.33. The van der Waals surface area contributed by atoms with Crippen LogP contribution in [0.3, 0.4) is 0 Å². The molecule has 1 aliphatic carbocycles. The van der Waals surface area contributed by atoms with Crippen molar-refractivity contribution in [3.05, 3.63) is 11.6 Å². The van der Waals surface area contributed by atoms with Gasteiger partial charge in [0.15, 0.2) is 0 Å². The fourth-order valence-corrected chi connectivity index (χ4v) is 2.26. The van der Waals surface area contributed by atoms with E-state index in [9.17, 15) is 4.79 Å². The van der Waals surface area contributed by atoms with Gasteiger partial charge in [0.05, 0.1) is 0 Å². The van der Waals surface area contributed by atoms with E-state index in [2.05, 4.69) is 30.7 Å². The highest BCUT2D eigenvalue weighted by Crippen LogP contribution is 2.37. The lowest BCUT2D eigenvalue weighted by molar-refractivity contribution is 0.0937. The highest BCUT2D eigenvalue weighted by molar-refractivity contribution is 5.90. The Morgan fingerprint density at radius 3 is 2.89 bits per heavy atom. The molecule has 1 aliphatic heterocycles. The van der Waals surface area contributed by atoms with Crippen molar-refractivity contribution in [1.29, 1.82) is 0 Å². The van der Waals surface area contributed by atoms with Gasteiger partial charge in [-0.05, 0) is 12.8 Å². The van der Waals surface area contributed by atoms with Crippen LogP contribution in [0.4, 0.5) is 0 Å². The molecule has 1 aromatic rings. The Morgan fingerprint density at radius 2 is 2.16 bits per heavy atom. The Morgan fingerprint density at radius 1 is 1.37 bits per heavy atom. The van der Waals surface area contributed by atoms with Gasteiger partial charge >= 0.3 is 0 Å². The molecule has 3 N–H and O–H groups in total. The molecule has 3 rings (SSSR count). The van der Waals surface area contributed by atoms with Gasteiger partial charge < -0.3 is 10.6 Å². The van der Waals surface area contributed by atoms with E-state index < -0.39 is 0 Å². The van der Waals surface area contributed by atoms with E-state index in [1.165, 1.54) is 0 Å². The zero-order chi connectivity index (χ0) is 13.1. The van der Waals surface area contributed by atoms with E-state index in [1.54, 1.807) is 0 Å². The Balaban J connectivity index is 1.42. The van der Waals surface area contributed by atoms with Crippen molar-refractivity contribution >= 4 is 5.91 Å². The molecule has 0 bridgehead atoms. The predicted molar refractivity (Wildman–Crippen MR) is 70.0 cm³/mol. The molecule has 1 aromatic heterocycles. The van der Waals surface area contributed by atoms with Crippen molar-refractivity contribution < 1.29 is 4.79 Å². The second-order valence-corrected chi connectivity index (χ2v) is 5.17. The molecule has 0 atom stereocenters. The van der Waals surface area contributed by atoms with Crippen LogP contribution in [0.1, 0.15) is 35.2 Å². The SMILES string of the molecule is O=C(NCCN1CCNCC1)c1n[nH]c(C2CC2)n1. The van der Waals surface area contributed by atoms with Gasteiger partial charge in [-0.15, -0.1) is 5.10 Å². The van der Waals surface area contributed by atoms with Gasteiger partial charge in [-0.2, -0.15) is 0 Å². The van der Waals surface area contributed by atoms with Crippen LogP contribution >= 0.6 is 0 Å². The lowest BCUT2D eigenvalue weighted by atomic mass is 10.3. The number of aromatic nitrogens is 3. The van der Waals surface area contributed by atoms with Gasteiger partial charge in [-0.3, -0.25) is 14.8 Å². The normalized spacial score (nSPS) is 20.4. The van der Waals surface area contributed by atoms with Crippen molar-refractivity contribution in [3.8, 4) is 0 Å². The van der Waals surface area contributed by atoms with E-state index in [0.29, 0.717) is 12.5 Å². The molecular weight excluding hydrogens is 244 g/mol. The Kier molecular flexibility index (Phi) is 3.74. The minimum absolute atomic E-state index is 0.182. The fraction of sp³-hybridized carbons (Fsp3) is 0.750. The summed E-state index contributed by atoms with van der Waals surface area (Å²) in [6, 6.07) is 0. The minimum atomic E-state index is -0.182. The molecule has 0 radical (unpaired) electrons.